The van der Waals surface area contributed by atoms with Gasteiger partial charge in [-0.25, -0.2) is 14.8 Å². The van der Waals surface area contributed by atoms with Crippen molar-refractivity contribution in [3.8, 4) is 0 Å². The van der Waals surface area contributed by atoms with Crippen LogP contribution in [0.1, 0.15) is 33.6 Å². The van der Waals surface area contributed by atoms with Gasteiger partial charge in [0.2, 0.25) is 0 Å². The summed E-state index contributed by atoms with van der Waals surface area (Å²) in [5.41, 5.74) is -0.514. The smallest absolute Gasteiger partial charge is 0.425 e. The van der Waals surface area contributed by atoms with Crippen LogP contribution in [0.4, 0.5) is 4.79 Å². The summed E-state index contributed by atoms with van der Waals surface area (Å²) in [7, 11) is -3.58. The summed E-state index contributed by atoms with van der Waals surface area (Å²) >= 11 is 0. The SMILES string of the molecule is CC(C)(C)OC(=O)C1CCN(N2CC(COS(C)(=O)=O)OC2=O)CC1. The Kier molecular flexibility index (Phi) is 5.95. The van der Waals surface area contributed by atoms with E-state index in [4.69, 9.17) is 9.47 Å². The van der Waals surface area contributed by atoms with Crippen LogP contribution in [-0.2, 0) is 28.6 Å². The maximum atomic E-state index is 12.1. The molecule has 0 aliphatic carbocycles. The highest BCUT2D eigenvalue weighted by Crippen LogP contribution is 2.25. The molecule has 2 fully saturated rings. The van der Waals surface area contributed by atoms with Gasteiger partial charge in [0.1, 0.15) is 18.3 Å². The Hall–Kier alpha value is -1.39. The fraction of sp³-hybridized carbons (Fsp3) is 0.867. The highest BCUT2D eigenvalue weighted by Gasteiger charge is 2.38. The zero-order valence-electron chi connectivity index (χ0n) is 15.1. The summed E-state index contributed by atoms with van der Waals surface area (Å²) in [6.45, 7) is 6.58. The van der Waals surface area contributed by atoms with Crippen molar-refractivity contribution in [2.45, 2.75) is 45.3 Å². The van der Waals surface area contributed by atoms with Gasteiger partial charge < -0.3 is 9.47 Å². The molecule has 2 aliphatic rings. The van der Waals surface area contributed by atoms with Gasteiger partial charge in [0.05, 0.1) is 18.7 Å². The molecule has 1 unspecified atom stereocenters. The molecule has 0 saturated carbocycles. The van der Waals surface area contributed by atoms with Crippen LogP contribution < -0.4 is 0 Å². The number of hydrogen-bond donors (Lipinski definition) is 0. The molecule has 2 rings (SSSR count). The van der Waals surface area contributed by atoms with Crippen LogP contribution in [0.5, 0.6) is 0 Å². The predicted molar refractivity (Wildman–Crippen MR) is 87.9 cm³/mol. The first-order chi connectivity index (χ1) is 11.4. The molecule has 9 nitrogen and oxygen atoms in total. The van der Waals surface area contributed by atoms with Gasteiger partial charge in [0, 0.05) is 13.1 Å². The van der Waals surface area contributed by atoms with Gasteiger partial charge in [-0.3, -0.25) is 8.98 Å². The summed E-state index contributed by atoms with van der Waals surface area (Å²) < 4.78 is 37.3. The van der Waals surface area contributed by atoms with E-state index in [0.717, 1.165) is 6.26 Å². The average molecular weight is 378 g/mol. The predicted octanol–water partition coefficient (Wildman–Crippen LogP) is 0.752. The Morgan fingerprint density at radius 3 is 2.40 bits per heavy atom. The number of carbonyl (C=O) groups is 2. The average Bonchev–Trinajstić information content (AvgIpc) is 2.84. The molecule has 144 valence electrons. The van der Waals surface area contributed by atoms with E-state index in [-0.39, 0.29) is 25.0 Å². The largest absolute Gasteiger partial charge is 0.460 e. The minimum atomic E-state index is -3.58. The van der Waals surface area contributed by atoms with Crippen LogP contribution in [0.3, 0.4) is 0 Å². The number of hydrogen-bond acceptors (Lipinski definition) is 8. The van der Waals surface area contributed by atoms with Crippen molar-refractivity contribution < 1.29 is 31.7 Å². The first kappa shape index (κ1) is 19.9. The van der Waals surface area contributed by atoms with E-state index in [9.17, 15) is 18.0 Å². The quantitative estimate of drug-likeness (QED) is 0.510. The van der Waals surface area contributed by atoms with E-state index in [1.165, 1.54) is 5.01 Å². The number of ether oxygens (including phenoxy) is 2. The van der Waals surface area contributed by atoms with Gasteiger partial charge in [0.15, 0.2) is 0 Å². The third kappa shape index (κ3) is 6.12. The standard InChI is InChI=1S/C15H26N2O7S/c1-15(2,3)24-13(18)11-5-7-16(8-6-11)17-9-12(23-14(17)19)10-22-25(4,20)21/h11-12H,5-10H2,1-4H3. The van der Waals surface area contributed by atoms with Crippen LogP contribution >= 0.6 is 0 Å². The molecule has 0 aromatic heterocycles. The third-order valence-corrected chi connectivity index (χ3v) is 4.44. The van der Waals surface area contributed by atoms with Crippen LogP contribution in [0.2, 0.25) is 0 Å². The van der Waals surface area contributed by atoms with Gasteiger partial charge in [-0.15, -0.1) is 0 Å². The second-order valence-corrected chi connectivity index (χ2v) is 8.98. The Labute approximate surface area is 148 Å². The lowest BCUT2D eigenvalue weighted by atomic mass is 9.97. The van der Waals surface area contributed by atoms with Crippen molar-refractivity contribution in [1.29, 1.82) is 0 Å². The summed E-state index contributed by atoms with van der Waals surface area (Å²) in [6, 6.07) is 0. The van der Waals surface area contributed by atoms with Gasteiger partial charge in [-0.05, 0) is 33.6 Å². The Morgan fingerprint density at radius 1 is 1.28 bits per heavy atom. The molecule has 0 aromatic carbocycles. The maximum absolute atomic E-state index is 12.1. The number of rotatable bonds is 5. The minimum absolute atomic E-state index is 0.182. The molecule has 2 heterocycles. The van der Waals surface area contributed by atoms with Crippen LogP contribution in [0.25, 0.3) is 0 Å². The van der Waals surface area contributed by atoms with E-state index in [1.54, 1.807) is 0 Å². The van der Waals surface area contributed by atoms with E-state index >= 15 is 0 Å². The summed E-state index contributed by atoms with van der Waals surface area (Å²) in [5.74, 6) is -0.394. The van der Waals surface area contributed by atoms with Crippen molar-refractivity contribution in [2.75, 3.05) is 32.5 Å². The van der Waals surface area contributed by atoms with Gasteiger partial charge in [0.25, 0.3) is 10.1 Å². The second kappa shape index (κ2) is 7.46. The first-order valence-corrected chi connectivity index (χ1v) is 10.1. The molecule has 2 saturated heterocycles. The van der Waals surface area contributed by atoms with E-state index < -0.39 is 27.9 Å². The zero-order valence-corrected chi connectivity index (χ0v) is 15.9. The highest BCUT2D eigenvalue weighted by atomic mass is 32.2. The molecule has 1 atom stereocenters. The minimum Gasteiger partial charge on any atom is -0.460 e. The lowest BCUT2D eigenvalue weighted by Gasteiger charge is -2.36. The third-order valence-electron chi connectivity index (χ3n) is 3.88. The number of esters is 1. The van der Waals surface area contributed by atoms with Crippen molar-refractivity contribution in [3.05, 3.63) is 0 Å². The van der Waals surface area contributed by atoms with E-state index in [2.05, 4.69) is 4.18 Å². The van der Waals surface area contributed by atoms with Crippen molar-refractivity contribution in [2.24, 2.45) is 5.92 Å². The van der Waals surface area contributed by atoms with Crippen LogP contribution in [-0.4, -0.2) is 74.7 Å². The topological polar surface area (TPSA) is 102 Å². The lowest BCUT2D eigenvalue weighted by Crippen LogP contribution is -2.49. The number of hydrazine groups is 1. The summed E-state index contributed by atoms with van der Waals surface area (Å²) in [5, 5.41) is 3.27. The van der Waals surface area contributed by atoms with Crippen molar-refractivity contribution in [1.82, 2.24) is 10.0 Å². The summed E-state index contributed by atoms with van der Waals surface area (Å²) in [4.78, 5) is 24.1. The van der Waals surface area contributed by atoms with Gasteiger partial charge in [-0.1, -0.05) is 0 Å². The molecule has 1 amide bonds. The molecule has 0 radical (unpaired) electrons. The number of cyclic esters (lactones) is 1. The number of carbonyl (C=O) groups excluding carboxylic acids is 2. The fourth-order valence-corrected chi connectivity index (χ4v) is 3.15. The van der Waals surface area contributed by atoms with Gasteiger partial charge >= 0.3 is 12.1 Å². The Bertz CT molecular complexity index is 606. The number of piperidine rings is 1. The lowest BCUT2D eigenvalue weighted by molar-refractivity contribution is -0.162. The van der Waals surface area contributed by atoms with E-state index in [0.29, 0.717) is 25.9 Å². The van der Waals surface area contributed by atoms with Crippen LogP contribution in [0, 0.1) is 5.92 Å². The Morgan fingerprint density at radius 2 is 1.88 bits per heavy atom. The Balaban J connectivity index is 1.82. The molecule has 0 N–H and O–H groups in total. The molecule has 2 aliphatic heterocycles. The monoisotopic (exact) mass is 378 g/mol. The first-order valence-electron chi connectivity index (χ1n) is 8.25. The van der Waals surface area contributed by atoms with E-state index in [1.807, 2.05) is 25.8 Å². The highest BCUT2D eigenvalue weighted by molar-refractivity contribution is 7.85. The normalized spacial score (nSPS) is 23.6. The molecular formula is C15H26N2O7S. The van der Waals surface area contributed by atoms with Gasteiger partial charge in [-0.2, -0.15) is 8.42 Å². The van der Waals surface area contributed by atoms with Crippen LogP contribution in [0.15, 0.2) is 0 Å². The molecule has 0 aromatic rings. The maximum Gasteiger partial charge on any atom is 0.425 e. The number of amides is 1. The number of nitrogens with zero attached hydrogens (tertiary/aromatic N) is 2. The molecule has 0 bridgehead atoms. The molecule has 25 heavy (non-hydrogen) atoms. The molecule has 10 heteroatoms. The second-order valence-electron chi connectivity index (χ2n) is 7.34. The molecule has 0 spiro atoms. The summed E-state index contributed by atoms with van der Waals surface area (Å²) in [6.07, 6.45) is 0.957. The molecular weight excluding hydrogens is 352 g/mol. The van der Waals surface area contributed by atoms with Crippen molar-refractivity contribution in [3.63, 3.8) is 0 Å². The van der Waals surface area contributed by atoms with Crippen molar-refractivity contribution >= 4 is 22.2 Å². The fourth-order valence-electron chi connectivity index (χ4n) is 2.75. The zero-order chi connectivity index (χ0) is 18.8.